The molecule has 1 aliphatic rings. The number of hydrogen-bond donors (Lipinski definition) is 1. The molecular formula is C15H17FN2OS. The van der Waals surface area contributed by atoms with Crippen LogP contribution >= 0.6 is 11.3 Å². The predicted molar refractivity (Wildman–Crippen MR) is 79.7 cm³/mol. The molecule has 1 N–H and O–H groups in total. The minimum absolute atomic E-state index is 0.0743. The van der Waals surface area contributed by atoms with Crippen molar-refractivity contribution in [3.8, 4) is 0 Å². The fourth-order valence-electron chi connectivity index (χ4n) is 2.75. The topological polar surface area (TPSA) is 32.3 Å². The molecule has 3 nitrogen and oxygen atoms in total. The van der Waals surface area contributed by atoms with Crippen LogP contribution in [0.5, 0.6) is 0 Å². The van der Waals surface area contributed by atoms with Gasteiger partial charge in [0.05, 0.1) is 4.88 Å². The summed E-state index contributed by atoms with van der Waals surface area (Å²) in [6.45, 7) is 2.57. The van der Waals surface area contributed by atoms with Crippen molar-refractivity contribution in [2.24, 2.45) is 5.92 Å². The maximum atomic E-state index is 13.2. The SMILES string of the molecule is CNC[C@H]1CCN(C(=O)c2cc3cc(F)ccc3s2)C1. The molecule has 2 heterocycles. The van der Waals surface area contributed by atoms with E-state index in [0.717, 1.165) is 36.1 Å². The standard InChI is InChI=1S/C15H17FN2OS/c1-17-8-10-4-5-18(9-10)15(19)14-7-11-6-12(16)2-3-13(11)20-14/h2-3,6-7,10,17H,4-5,8-9H2,1H3/t10-/m1/s1. The van der Waals surface area contributed by atoms with Crippen molar-refractivity contribution < 1.29 is 9.18 Å². The van der Waals surface area contributed by atoms with Crippen LogP contribution < -0.4 is 5.32 Å². The smallest absolute Gasteiger partial charge is 0.263 e. The second-order valence-corrected chi connectivity index (χ2v) is 6.34. The van der Waals surface area contributed by atoms with E-state index in [1.54, 1.807) is 12.1 Å². The summed E-state index contributed by atoms with van der Waals surface area (Å²) in [5, 5.41) is 3.97. The molecule has 0 aliphatic carbocycles. The van der Waals surface area contributed by atoms with E-state index in [-0.39, 0.29) is 11.7 Å². The Hall–Kier alpha value is -1.46. The van der Waals surface area contributed by atoms with E-state index in [9.17, 15) is 9.18 Å². The summed E-state index contributed by atoms with van der Waals surface area (Å²) in [5.74, 6) is 0.352. The van der Waals surface area contributed by atoms with Crippen LogP contribution in [0.2, 0.25) is 0 Å². The van der Waals surface area contributed by atoms with E-state index < -0.39 is 0 Å². The van der Waals surface area contributed by atoms with Crippen LogP contribution in [0.15, 0.2) is 24.3 Å². The third-order valence-corrected chi connectivity index (χ3v) is 4.86. The highest BCUT2D eigenvalue weighted by Gasteiger charge is 2.27. The molecule has 1 saturated heterocycles. The van der Waals surface area contributed by atoms with Crippen molar-refractivity contribution in [1.82, 2.24) is 10.2 Å². The average molecular weight is 292 g/mol. The van der Waals surface area contributed by atoms with Gasteiger partial charge in [0.1, 0.15) is 5.82 Å². The van der Waals surface area contributed by atoms with Gasteiger partial charge in [-0.2, -0.15) is 0 Å². The Balaban J connectivity index is 1.79. The number of hydrogen-bond acceptors (Lipinski definition) is 3. The molecule has 0 bridgehead atoms. The van der Waals surface area contributed by atoms with Crippen molar-refractivity contribution in [3.05, 3.63) is 35.0 Å². The van der Waals surface area contributed by atoms with Crippen molar-refractivity contribution in [1.29, 1.82) is 0 Å². The predicted octanol–water partition coefficient (Wildman–Crippen LogP) is 2.72. The van der Waals surface area contributed by atoms with E-state index in [1.807, 2.05) is 11.9 Å². The Morgan fingerprint density at radius 2 is 2.35 bits per heavy atom. The van der Waals surface area contributed by atoms with Crippen LogP contribution in [-0.2, 0) is 0 Å². The third-order valence-electron chi connectivity index (χ3n) is 3.75. The van der Waals surface area contributed by atoms with Gasteiger partial charge in [0.25, 0.3) is 5.91 Å². The summed E-state index contributed by atoms with van der Waals surface area (Å²) in [5.41, 5.74) is 0. The van der Waals surface area contributed by atoms with E-state index in [2.05, 4.69) is 5.32 Å². The molecule has 1 aromatic heterocycles. The van der Waals surface area contributed by atoms with Gasteiger partial charge in [-0.25, -0.2) is 4.39 Å². The first-order chi connectivity index (χ1) is 9.67. The highest BCUT2D eigenvalue weighted by Crippen LogP contribution is 2.28. The van der Waals surface area contributed by atoms with Crippen LogP contribution in [0.3, 0.4) is 0 Å². The summed E-state index contributed by atoms with van der Waals surface area (Å²) in [4.78, 5) is 15.1. The largest absolute Gasteiger partial charge is 0.338 e. The van der Waals surface area contributed by atoms with Crippen molar-refractivity contribution >= 4 is 27.3 Å². The molecule has 1 aliphatic heterocycles. The van der Waals surface area contributed by atoms with E-state index in [0.29, 0.717) is 10.8 Å². The summed E-state index contributed by atoms with van der Waals surface area (Å²) in [6.07, 6.45) is 1.05. The molecule has 0 radical (unpaired) electrons. The third kappa shape index (κ3) is 2.55. The van der Waals surface area contributed by atoms with Crippen LogP contribution in [0.4, 0.5) is 4.39 Å². The number of carbonyl (C=O) groups excluding carboxylic acids is 1. The highest BCUT2D eigenvalue weighted by molar-refractivity contribution is 7.20. The number of fused-ring (bicyclic) bond motifs is 1. The van der Waals surface area contributed by atoms with Crippen molar-refractivity contribution in [3.63, 3.8) is 0 Å². The lowest BCUT2D eigenvalue weighted by atomic mass is 10.1. The number of carbonyl (C=O) groups is 1. The molecular weight excluding hydrogens is 275 g/mol. The number of thiophene rings is 1. The second kappa shape index (κ2) is 5.50. The van der Waals surface area contributed by atoms with Crippen LogP contribution in [0.1, 0.15) is 16.1 Å². The summed E-state index contributed by atoms with van der Waals surface area (Å²) in [7, 11) is 1.94. The van der Waals surface area contributed by atoms with Gasteiger partial charge >= 0.3 is 0 Å². The molecule has 0 spiro atoms. The summed E-state index contributed by atoms with van der Waals surface area (Å²) in [6, 6.07) is 6.46. The van der Waals surface area contributed by atoms with Crippen LogP contribution in [-0.4, -0.2) is 37.5 Å². The molecule has 2 aromatic rings. The first kappa shape index (κ1) is 13.5. The molecule has 5 heteroatoms. The average Bonchev–Trinajstić information content (AvgIpc) is 3.04. The Morgan fingerprint density at radius 3 is 3.15 bits per heavy atom. The Bertz CT molecular complexity index is 640. The Kier molecular flexibility index (Phi) is 3.72. The minimum atomic E-state index is -0.260. The zero-order valence-electron chi connectivity index (χ0n) is 11.4. The number of rotatable bonds is 3. The highest BCUT2D eigenvalue weighted by atomic mass is 32.1. The lowest BCUT2D eigenvalue weighted by Crippen LogP contribution is -2.29. The quantitative estimate of drug-likeness (QED) is 0.943. The van der Waals surface area contributed by atoms with Gasteiger partial charge in [0.2, 0.25) is 0 Å². The maximum Gasteiger partial charge on any atom is 0.263 e. The van der Waals surface area contributed by atoms with Crippen molar-refractivity contribution in [2.75, 3.05) is 26.7 Å². The molecule has 3 rings (SSSR count). The molecule has 0 saturated carbocycles. The molecule has 0 unspecified atom stereocenters. The fourth-order valence-corrected chi connectivity index (χ4v) is 3.76. The molecule has 1 aromatic carbocycles. The van der Waals surface area contributed by atoms with Gasteiger partial charge in [0.15, 0.2) is 0 Å². The Morgan fingerprint density at radius 1 is 1.50 bits per heavy atom. The van der Waals surface area contributed by atoms with E-state index in [4.69, 9.17) is 0 Å². The monoisotopic (exact) mass is 292 g/mol. The van der Waals surface area contributed by atoms with Gasteiger partial charge in [0, 0.05) is 17.8 Å². The number of nitrogens with one attached hydrogen (secondary N) is 1. The van der Waals surface area contributed by atoms with Gasteiger partial charge in [-0.1, -0.05) is 0 Å². The zero-order valence-corrected chi connectivity index (χ0v) is 12.2. The molecule has 20 heavy (non-hydrogen) atoms. The normalized spacial score (nSPS) is 18.9. The Labute approximate surface area is 121 Å². The molecule has 106 valence electrons. The molecule has 1 amide bonds. The van der Waals surface area contributed by atoms with Gasteiger partial charge < -0.3 is 10.2 Å². The lowest BCUT2D eigenvalue weighted by molar-refractivity contribution is 0.0792. The molecule has 1 fully saturated rings. The van der Waals surface area contributed by atoms with Crippen LogP contribution in [0, 0.1) is 11.7 Å². The van der Waals surface area contributed by atoms with E-state index >= 15 is 0 Å². The van der Waals surface area contributed by atoms with Gasteiger partial charge in [-0.05, 0) is 55.6 Å². The van der Waals surface area contributed by atoms with Crippen LogP contribution in [0.25, 0.3) is 10.1 Å². The van der Waals surface area contributed by atoms with E-state index in [1.165, 1.54) is 23.5 Å². The number of likely N-dealkylation sites (tertiary alicyclic amines) is 1. The van der Waals surface area contributed by atoms with Crippen molar-refractivity contribution in [2.45, 2.75) is 6.42 Å². The zero-order chi connectivity index (χ0) is 14.1. The lowest BCUT2D eigenvalue weighted by Gasteiger charge is -2.15. The fraction of sp³-hybridized carbons (Fsp3) is 0.400. The number of nitrogens with zero attached hydrogens (tertiary/aromatic N) is 1. The molecule has 1 atom stereocenters. The second-order valence-electron chi connectivity index (χ2n) is 5.26. The maximum absolute atomic E-state index is 13.2. The summed E-state index contributed by atoms with van der Waals surface area (Å²) < 4.78 is 14.1. The summed E-state index contributed by atoms with van der Waals surface area (Å²) >= 11 is 1.44. The number of halogens is 1. The minimum Gasteiger partial charge on any atom is -0.338 e. The number of benzene rings is 1. The first-order valence-electron chi connectivity index (χ1n) is 6.80. The van der Waals surface area contributed by atoms with Gasteiger partial charge in [-0.3, -0.25) is 4.79 Å². The number of amides is 1. The first-order valence-corrected chi connectivity index (χ1v) is 7.62. The van der Waals surface area contributed by atoms with Gasteiger partial charge in [-0.15, -0.1) is 11.3 Å².